The van der Waals surface area contributed by atoms with Gasteiger partial charge < -0.3 is 24.8 Å². The topological polar surface area (TPSA) is 98.8 Å². The number of methoxy groups -OCH3 is 1. The summed E-state index contributed by atoms with van der Waals surface area (Å²) in [6.07, 6.45) is 0. The maximum Gasteiger partial charge on any atom is 0.336 e. The molecule has 3 aromatic rings. The standard InChI is InChI=1S/C29H33N3O5S/c1-6-36-26(33)23-18(3)31-29(4,25(27(34)37-7-2)24(23)19-13-9-8-10-14-19)32-28-30-21(17-38-28)20-15-11-12-16-22(20)35-5/h8-17,24-25,31H,6-7H2,1-5H3,(H,30,32). The zero-order valence-electron chi connectivity index (χ0n) is 22.2. The van der Waals surface area contributed by atoms with Crippen LogP contribution in [0.2, 0.25) is 0 Å². The summed E-state index contributed by atoms with van der Waals surface area (Å²) in [5.41, 5.74) is 2.42. The molecule has 1 aliphatic rings. The summed E-state index contributed by atoms with van der Waals surface area (Å²) >= 11 is 1.42. The molecule has 0 spiro atoms. The lowest BCUT2D eigenvalue weighted by Crippen LogP contribution is -2.62. The van der Waals surface area contributed by atoms with Gasteiger partial charge in [-0.05, 0) is 45.4 Å². The highest BCUT2D eigenvalue weighted by Gasteiger charge is 2.53. The number of nitrogens with zero attached hydrogens (tertiary/aromatic N) is 1. The van der Waals surface area contributed by atoms with Crippen molar-refractivity contribution in [2.45, 2.75) is 39.3 Å². The molecule has 0 fully saturated rings. The van der Waals surface area contributed by atoms with Gasteiger partial charge in [-0.1, -0.05) is 42.5 Å². The third kappa shape index (κ3) is 5.38. The number of para-hydroxylation sites is 1. The van der Waals surface area contributed by atoms with Crippen LogP contribution in [0, 0.1) is 5.92 Å². The SMILES string of the molecule is CCOC(=O)C1=C(C)NC(C)(Nc2nc(-c3ccccc3OC)cs2)C(C(=O)OCC)C1c1ccccc1. The molecule has 3 unspecified atom stereocenters. The maximum atomic E-state index is 13.6. The molecule has 0 saturated heterocycles. The van der Waals surface area contributed by atoms with Gasteiger partial charge in [0.2, 0.25) is 0 Å². The van der Waals surface area contributed by atoms with E-state index in [1.807, 2.05) is 73.8 Å². The predicted octanol–water partition coefficient (Wildman–Crippen LogP) is 5.35. The smallest absolute Gasteiger partial charge is 0.336 e. The van der Waals surface area contributed by atoms with Gasteiger partial charge in [-0.3, -0.25) is 4.79 Å². The number of thiazole rings is 1. The van der Waals surface area contributed by atoms with Crippen molar-refractivity contribution in [2.75, 3.05) is 25.6 Å². The van der Waals surface area contributed by atoms with Gasteiger partial charge in [0.1, 0.15) is 17.3 Å². The minimum atomic E-state index is -1.04. The van der Waals surface area contributed by atoms with Crippen molar-refractivity contribution in [3.05, 3.63) is 76.8 Å². The van der Waals surface area contributed by atoms with Gasteiger partial charge >= 0.3 is 11.9 Å². The van der Waals surface area contributed by atoms with Crippen LogP contribution in [-0.2, 0) is 19.1 Å². The van der Waals surface area contributed by atoms with E-state index in [1.165, 1.54) is 11.3 Å². The van der Waals surface area contributed by atoms with E-state index in [0.29, 0.717) is 16.4 Å². The number of benzene rings is 2. The molecule has 0 radical (unpaired) electrons. The molecule has 2 heterocycles. The Bertz CT molecular complexity index is 1320. The molecular formula is C29H33N3O5S. The summed E-state index contributed by atoms with van der Waals surface area (Å²) in [4.78, 5) is 31.6. The minimum absolute atomic E-state index is 0.208. The number of carbonyl (C=O) groups excluding carboxylic acids is 2. The number of allylic oxidation sites excluding steroid dienone is 1. The Kier molecular flexibility index (Phi) is 8.36. The van der Waals surface area contributed by atoms with Gasteiger partial charge in [0.15, 0.2) is 5.13 Å². The Morgan fingerprint density at radius 3 is 2.42 bits per heavy atom. The predicted molar refractivity (Wildman–Crippen MR) is 148 cm³/mol. The summed E-state index contributed by atoms with van der Waals surface area (Å²) in [6, 6.07) is 17.2. The summed E-state index contributed by atoms with van der Waals surface area (Å²) in [6.45, 7) is 7.68. The molecule has 1 aromatic heterocycles. The number of aromatic nitrogens is 1. The van der Waals surface area contributed by atoms with Crippen LogP contribution in [0.4, 0.5) is 5.13 Å². The zero-order chi connectivity index (χ0) is 27.3. The van der Waals surface area contributed by atoms with E-state index in [1.54, 1.807) is 21.0 Å². The average molecular weight is 536 g/mol. The molecule has 0 saturated carbocycles. The van der Waals surface area contributed by atoms with Crippen molar-refractivity contribution >= 4 is 28.4 Å². The third-order valence-electron chi connectivity index (χ3n) is 6.57. The van der Waals surface area contributed by atoms with Gasteiger partial charge in [-0.15, -0.1) is 11.3 Å². The monoisotopic (exact) mass is 535 g/mol. The van der Waals surface area contributed by atoms with Crippen molar-refractivity contribution in [1.29, 1.82) is 0 Å². The van der Waals surface area contributed by atoms with Crippen LogP contribution < -0.4 is 15.4 Å². The highest BCUT2D eigenvalue weighted by atomic mass is 32.1. The summed E-state index contributed by atoms with van der Waals surface area (Å²) in [5.74, 6) is -1.60. The number of hydrogen-bond donors (Lipinski definition) is 2. The van der Waals surface area contributed by atoms with Crippen molar-refractivity contribution in [1.82, 2.24) is 10.3 Å². The molecular weight excluding hydrogens is 502 g/mol. The van der Waals surface area contributed by atoms with E-state index < -0.39 is 29.4 Å². The number of hydrogen-bond acceptors (Lipinski definition) is 9. The van der Waals surface area contributed by atoms with Crippen LogP contribution in [0.15, 0.2) is 71.2 Å². The van der Waals surface area contributed by atoms with Crippen molar-refractivity contribution in [3.8, 4) is 17.0 Å². The quantitative estimate of drug-likeness (QED) is 0.354. The third-order valence-corrected chi connectivity index (χ3v) is 7.32. The molecule has 9 heteroatoms. The fourth-order valence-electron chi connectivity index (χ4n) is 5.02. The van der Waals surface area contributed by atoms with Crippen molar-refractivity contribution < 1.29 is 23.8 Å². The van der Waals surface area contributed by atoms with Gasteiger partial charge in [0, 0.05) is 22.6 Å². The Morgan fingerprint density at radius 1 is 1.05 bits per heavy atom. The number of esters is 2. The number of carbonyl (C=O) groups is 2. The van der Waals surface area contributed by atoms with Crippen LogP contribution in [0.5, 0.6) is 5.75 Å². The molecule has 0 bridgehead atoms. The lowest BCUT2D eigenvalue weighted by molar-refractivity contribution is -0.152. The molecule has 38 heavy (non-hydrogen) atoms. The Labute approximate surface area is 227 Å². The number of ether oxygens (including phenoxy) is 3. The normalized spacial score (nSPS) is 20.9. The Balaban J connectivity index is 1.80. The molecule has 2 aromatic carbocycles. The van der Waals surface area contributed by atoms with Gasteiger partial charge in [-0.2, -0.15) is 0 Å². The fourth-order valence-corrected chi connectivity index (χ4v) is 5.85. The molecule has 1 aliphatic heterocycles. The fraction of sp³-hybridized carbons (Fsp3) is 0.345. The first-order valence-corrected chi connectivity index (χ1v) is 13.5. The lowest BCUT2D eigenvalue weighted by Gasteiger charge is -2.46. The van der Waals surface area contributed by atoms with Gasteiger partial charge in [-0.25, -0.2) is 9.78 Å². The number of nitrogens with one attached hydrogen (secondary N) is 2. The van der Waals surface area contributed by atoms with Crippen LogP contribution >= 0.6 is 11.3 Å². The van der Waals surface area contributed by atoms with E-state index in [4.69, 9.17) is 19.2 Å². The molecule has 0 aliphatic carbocycles. The van der Waals surface area contributed by atoms with E-state index in [9.17, 15) is 9.59 Å². The maximum absolute atomic E-state index is 13.6. The summed E-state index contributed by atoms with van der Waals surface area (Å²) < 4.78 is 16.5. The molecule has 3 atom stereocenters. The first-order chi connectivity index (χ1) is 18.3. The lowest BCUT2D eigenvalue weighted by atomic mass is 9.71. The highest BCUT2D eigenvalue weighted by Crippen LogP contribution is 2.45. The highest BCUT2D eigenvalue weighted by molar-refractivity contribution is 7.14. The average Bonchev–Trinajstić information content (AvgIpc) is 3.36. The molecule has 0 amide bonds. The number of rotatable bonds is 9. The van der Waals surface area contributed by atoms with Crippen LogP contribution in [0.25, 0.3) is 11.3 Å². The second-order valence-electron chi connectivity index (χ2n) is 9.07. The van der Waals surface area contributed by atoms with Crippen molar-refractivity contribution in [3.63, 3.8) is 0 Å². The second kappa shape index (κ2) is 11.7. The van der Waals surface area contributed by atoms with E-state index in [2.05, 4.69) is 10.6 Å². The van der Waals surface area contributed by atoms with Crippen LogP contribution in [-0.4, -0.2) is 42.9 Å². The molecule has 200 valence electrons. The first-order valence-electron chi connectivity index (χ1n) is 12.6. The molecule has 4 rings (SSSR count). The van der Waals surface area contributed by atoms with Crippen LogP contribution in [0.1, 0.15) is 39.2 Å². The minimum Gasteiger partial charge on any atom is -0.496 e. The zero-order valence-corrected chi connectivity index (χ0v) is 23.1. The molecule has 2 N–H and O–H groups in total. The largest absolute Gasteiger partial charge is 0.496 e. The summed E-state index contributed by atoms with van der Waals surface area (Å²) in [5, 5.41) is 9.41. The van der Waals surface area contributed by atoms with Crippen LogP contribution in [0.3, 0.4) is 0 Å². The number of anilines is 1. The van der Waals surface area contributed by atoms with E-state index in [-0.39, 0.29) is 13.2 Å². The van der Waals surface area contributed by atoms with E-state index >= 15 is 0 Å². The van der Waals surface area contributed by atoms with Crippen molar-refractivity contribution in [2.24, 2.45) is 5.92 Å². The van der Waals surface area contributed by atoms with E-state index in [0.717, 1.165) is 22.6 Å². The first kappa shape index (κ1) is 27.2. The Morgan fingerprint density at radius 2 is 1.74 bits per heavy atom. The summed E-state index contributed by atoms with van der Waals surface area (Å²) in [7, 11) is 1.63. The molecule has 8 nitrogen and oxygen atoms in total. The second-order valence-corrected chi connectivity index (χ2v) is 9.93. The Hall–Kier alpha value is -3.85. The van der Waals surface area contributed by atoms with Gasteiger partial charge in [0.25, 0.3) is 0 Å². The van der Waals surface area contributed by atoms with Gasteiger partial charge in [0.05, 0.1) is 31.6 Å².